The molecule has 0 unspecified atom stereocenters. The molecule has 7 nitrogen and oxygen atoms in total. The molecular weight excluding hydrogens is 141 g/mol. The van der Waals surface area contributed by atoms with Crippen molar-refractivity contribution in [2.45, 2.75) is 0 Å². The molecule has 0 bridgehead atoms. The average molecular weight is 146 g/mol. The molecule has 0 aromatic carbocycles. The third kappa shape index (κ3) is 514. The lowest BCUT2D eigenvalue weighted by molar-refractivity contribution is -1.92. The van der Waals surface area contributed by atoms with Crippen LogP contribution in [0.2, 0.25) is 0 Å². The zero-order chi connectivity index (χ0) is 7.21. The van der Waals surface area contributed by atoms with E-state index in [9.17, 15) is 0 Å². The second kappa shape index (κ2) is 4.68. The summed E-state index contributed by atoms with van der Waals surface area (Å²) in [5.41, 5.74) is 5.61. The number of hydrogen-bond donors (Lipinski definition) is 3. The summed E-state index contributed by atoms with van der Waals surface area (Å²) in [6.07, 6.45) is 0. The SMILES string of the molecule is N=NN.[O-][Cl+3]([O-])([O-])O. The van der Waals surface area contributed by atoms with E-state index >= 15 is 0 Å². The van der Waals surface area contributed by atoms with Crippen LogP contribution in [0.25, 0.3) is 0 Å². The van der Waals surface area contributed by atoms with Gasteiger partial charge in [-0.15, -0.1) is 0 Å². The van der Waals surface area contributed by atoms with Crippen LogP contribution in [0.3, 0.4) is 0 Å². The summed E-state index contributed by atoms with van der Waals surface area (Å²) in [7, 11) is -4.69. The second-order valence-corrected chi connectivity index (χ2v) is 1.32. The summed E-state index contributed by atoms with van der Waals surface area (Å²) < 4.78 is 32.7. The molecule has 4 N–H and O–H groups in total. The third-order valence-electron chi connectivity index (χ3n) is 0. The molecule has 0 aromatic heterocycles. The highest BCUT2D eigenvalue weighted by molar-refractivity contribution is 3.51. The molecule has 0 atom stereocenters. The van der Waals surface area contributed by atoms with Gasteiger partial charge < -0.3 is 5.84 Å². The Bertz CT molecular complexity index is 50.8. The highest BCUT2D eigenvalue weighted by Crippen LogP contribution is 1.60. The minimum absolute atomic E-state index is 2.25. The summed E-state index contributed by atoms with van der Waals surface area (Å²) in [5, 5.41) is 2.25. The molecule has 0 fully saturated rings. The third-order valence-corrected chi connectivity index (χ3v) is 0. The first kappa shape index (κ1) is 10.5. The van der Waals surface area contributed by atoms with Gasteiger partial charge in [0.2, 0.25) is 0 Å². The Morgan fingerprint density at radius 3 is 1.50 bits per heavy atom. The van der Waals surface area contributed by atoms with Gasteiger partial charge in [-0.25, -0.2) is 0 Å². The van der Waals surface area contributed by atoms with Gasteiger partial charge >= 0.3 is 0 Å². The highest BCUT2D eigenvalue weighted by Gasteiger charge is 1.98. The number of hydrogen-bond acceptors (Lipinski definition) is 6. The monoisotopic (exact) mass is 145 g/mol. The fourth-order valence-corrected chi connectivity index (χ4v) is 0. The van der Waals surface area contributed by atoms with Crippen LogP contribution in [0.15, 0.2) is 5.22 Å². The van der Waals surface area contributed by atoms with Gasteiger partial charge in [0.15, 0.2) is 0 Å². The van der Waals surface area contributed by atoms with Crippen LogP contribution in [0.1, 0.15) is 0 Å². The molecule has 0 rings (SSSR count). The Morgan fingerprint density at radius 1 is 1.50 bits per heavy atom. The van der Waals surface area contributed by atoms with E-state index in [1.54, 1.807) is 0 Å². The van der Waals surface area contributed by atoms with Crippen molar-refractivity contribution in [1.29, 1.82) is 5.53 Å². The quantitative estimate of drug-likeness (QED) is 0.179. The molecule has 0 saturated heterocycles. The molecule has 0 aliphatic carbocycles. The average Bonchev–Trinajstić information content (AvgIpc) is 1.27. The van der Waals surface area contributed by atoms with Gasteiger partial charge in [0, 0.05) is 0 Å². The van der Waals surface area contributed by atoms with Gasteiger partial charge in [-0.1, -0.05) is 5.22 Å². The van der Waals surface area contributed by atoms with Gasteiger partial charge in [-0.3, -0.25) is 0 Å². The first-order valence-corrected chi connectivity index (χ1v) is 2.38. The zero-order valence-corrected chi connectivity index (χ0v) is 4.33. The number of nitrogens with two attached hydrogens (primary N) is 1. The minimum atomic E-state index is -4.69. The summed E-state index contributed by atoms with van der Waals surface area (Å²) in [6.45, 7) is 0. The Balaban J connectivity index is 0. The normalized spacial score (nSPS) is 9.00. The van der Waals surface area contributed by atoms with E-state index in [1.165, 1.54) is 0 Å². The lowest BCUT2D eigenvalue weighted by atomic mass is 12.8. The van der Waals surface area contributed by atoms with Crippen molar-refractivity contribution in [1.82, 2.24) is 0 Å². The Kier molecular flexibility index (Phi) is 6.15. The maximum atomic E-state index is 8.60. The summed E-state index contributed by atoms with van der Waals surface area (Å²) in [4.78, 5) is 0. The van der Waals surface area contributed by atoms with E-state index in [2.05, 4.69) is 11.1 Å². The predicted molar refractivity (Wildman–Crippen MR) is 11.6 cm³/mol. The molecule has 0 aromatic rings. The molecule has 0 saturated carbocycles. The fourth-order valence-electron chi connectivity index (χ4n) is 0. The first-order valence-electron chi connectivity index (χ1n) is 1.11. The van der Waals surface area contributed by atoms with Crippen molar-refractivity contribution in [2.75, 3.05) is 0 Å². The van der Waals surface area contributed by atoms with Gasteiger partial charge in [-0.05, 0) is 0 Å². The fraction of sp³-hybridized carbons (Fsp3) is 0. The maximum absolute atomic E-state index is 8.60. The van der Waals surface area contributed by atoms with Crippen molar-refractivity contribution in [3.05, 3.63) is 0 Å². The smallest absolute Gasteiger partial charge is 0.0777 e. The molecule has 0 aliphatic heterocycles. The highest BCUT2D eigenvalue weighted by atomic mass is 35.7. The largest absolute Gasteiger partial charge is 0.305 e. The van der Waals surface area contributed by atoms with Crippen molar-refractivity contribution in [3.63, 3.8) is 0 Å². The van der Waals surface area contributed by atoms with Gasteiger partial charge in [0.05, 0.1) is 14.9 Å². The van der Waals surface area contributed by atoms with E-state index in [4.69, 9.17) is 24.2 Å². The van der Waals surface area contributed by atoms with E-state index in [0.29, 0.717) is 0 Å². The zero-order valence-electron chi connectivity index (χ0n) is 3.57. The van der Waals surface area contributed by atoms with Crippen LogP contribution in [0, 0.1) is 15.8 Å². The summed E-state index contributed by atoms with van der Waals surface area (Å²) >= 11 is 0. The number of rotatable bonds is 0. The summed E-state index contributed by atoms with van der Waals surface area (Å²) in [5.74, 6) is 4.14. The first-order chi connectivity index (χ1) is 3.41. The van der Waals surface area contributed by atoms with E-state index in [0.717, 1.165) is 0 Å². The minimum Gasteiger partial charge on any atom is -0.305 e. The molecule has 50 valence electrons. The van der Waals surface area contributed by atoms with E-state index < -0.39 is 10.2 Å². The summed E-state index contributed by atoms with van der Waals surface area (Å²) in [6, 6.07) is 0. The number of halogens is 1. The topological polar surface area (TPSA) is 152 Å². The molecule has 0 heterocycles. The van der Waals surface area contributed by atoms with Crippen LogP contribution < -0.4 is 19.8 Å². The number of nitrogens with zero attached hydrogens (tertiary/aromatic N) is 1. The Hall–Kier alpha value is -0.470. The lowest BCUT2D eigenvalue weighted by Gasteiger charge is -2.03. The lowest BCUT2D eigenvalue weighted by Crippen LogP contribution is -2.58. The maximum Gasteiger partial charge on any atom is 0.0777 e. The van der Waals surface area contributed by atoms with Gasteiger partial charge in [0.1, 0.15) is 0 Å². The molecule has 8 heteroatoms. The molecular formula is H4ClN3O4. The van der Waals surface area contributed by atoms with Crippen molar-refractivity contribution in [2.24, 2.45) is 11.1 Å². The van der Waals surface area contributed by atoms with Crippen LogP contribution >= 0.6 is 0 Å². The van der Waals surface area contributed by atoms with Crippen molar-refractivity contribution in [3.8, 4) is 0 Å². The standard InChI is InChI=1S/ClHO4.H3N3/c2-1(3,4)5;1-3-2/h(H,2,3,4,5);(H3,1,2). The van der Waals surface area contributed by atoms with E-state index in [1.807, 2.05) is 0 Å². The Morgan fingerprint density at radius 2 is 1.50 bits per heavy atom. The van der Waals surface area contributed by atoms with Crippen LogP contribution in [-0.2, 0) is 0 Å². The molecule has 0 spiro atoms. The number of nitrogens with one attached hydrogen (secondary N) is 1. The predicted octanol–water partition coefficient (Wildman–Crippen LogP) is -4.23. The van der Waals surface area contributed by atoms with Crippen molar-refractivity contribution >= 4 is 0 Å². The van der Waals surface area contributed by atoms with Crippen LogP contribution in [-0.4, -0.2) is 4.66 Å². The van der Waals surface area contributed by atoms with E-state index in [-0.39, 0.29) is 0 Å². The second-order valence-electron chi connectivity index (χ2n) is 0.525. The van der Waals surface area contributed by atoms with Crippen molar-refractivity contribution < 1.29 is 28.9 Å². The molecule has 0 aliphatic rings. The molecule has 0 radical (unpaired) electrons. The van der Waals surface area contributed by atoms with Gasteiger partial charge in [0.25, 0.3) is 0 Å². The van der Waals surface area contributed by atoms with Crippen LogP contribution in [0.5, 0.6) is 0 Å². The molecule has 0 amide bonds. The van der Waals surface area contributed by atoms with Gasteiger partial charge in [-0.2, -0.15) is 19.5 Å². The Labute approximate surface area is 46.6 Å². The van der Waals surface area contributed by atoms with Crippen LogP contribution in [0.4, 0.5) is 0 Å². The molecule has 8 heavy (non-hydrogen) atoms.